The summed E-state index contributed by atoms with van der Waals surface area (Å²) in [5.74, 6) is 0.195. The Morgan fingerprint density at radius 3 is 2.85 bits per heavy atom. The van der Waals surface area contributed by atoms with Crippen molar-refractivity contribution in [3.8, 4) is 16.2 Å². The largest absolute Gasteiger partial charge is 0.488 e. The van der Waals surface area contributed by atoms with Crippen molar-refractivity contribution < 1.29 is 14.3 Å². The minimum absolute atomic E-state index is 0.312. The van der Waals surface area contributed by atoms with Gasteiger partial charge in [0.05, 0.1) is 4.88 Å². The zero-order valence-corrected chi connectivity index (χ0v) is 11.5. The van der Waals surface area contributed by atoms with Crippen molar-refractivity contribution in [3.63, 3.8) is 0 Å². The van der Waals surface area contributed by atoms with Gasteiger partial charge < -0.3 is 4.74 Å². The highest BCUT2D eigenvalue weighted by Crippen LogP contribution is 2.42. The van der Waals surface area contributed by atoms with Crippen LogP contribution in [0.15, 0.2) is 30.3 Å². The summed E-state index contributed by atoms with van der Waals surface area (Å²) in [6.07, 6.45) is 0. The summed E-state index contributed by atoms with van der Waals surface area (Å²) in [6.45, 7) is 1.79. The first-order valence-electron chi connectivity index (χ1n) is 6.07. The molecule has 0 aliphatic carbocycles. The van der Waals surface area contributed by atoms with Gasteiger partial charge in [0.15, 0.2) is 0 Å². The van der Waals surface area contributed by atoms with E-state index in [2.05, 4.69) is 10.9 Å². The zero-order chi connectivity index (χ0) is 14.1. The molecule has 0 radical (unpaired) electrons. The molecule has 0 spiro atoms. The van der Waals surface area contributed by atoms with Gasteiger partial charge in [0.25, 0.3) is 5.91 Å². The van der Waals surface area contributed by atoms with Crippen LogP contribution in [0.25, 0.3) is 10.4 Å². The van der Waals surface area contributed by atoms with Gasteiger partial charge >= 0.3 is 0 Å². The number of hydrogen-bond acceptors (Lipinski definition) is 4. The lowest BCUT2D eigenvalue weighted by Gasteiger charge is -2.16. The maximum Gasteiger partial charge on any atom is 0.279 e. The lowest BCUT2D eigenvalue weighted by Crippen LogP contribution is -2.39. The van der Waals surface area contributed by atoms with E-state index in [1.165, 1.54) is 18.3 Å². The molecule has 1 aliphatic heterocycles. The summed E-state index contributed by atoms with van der Waals surface area (Å²) in [5.41, 5.74) is 6.63. The molecule has 5 nitrogen and oxygen atoms in total. The molecule has 2 N–H and O–H groups in total. The molecule has 102 valence electrons. The first-order chi connectivity index (χ1) is 9.65. The van der Waals surface area contributed by atoms with E-state index in [4.69, 9.17) is 4.74 Å². The highest BCUT2D eigenvalue weighted by atomic mass is 32.1. The average Bonchev–Trinajstić information content (AvgIpc) is 2.89. The van der Waals surface area contributed by atoms with E-state index < -0.39 is 0 Å². The van der Waals surface area contributed by atoms with E-state index in [1.54, 1.807) is 6.07 Å². The number of nitrogens with one attached hydrogen (secondary N) is 2. The fourth-order valence-electron chi connectivity index (χ4n) is 2.02. The van der Waals surface area contributed by atoms with Gasteiger partial charge in [-0.3, -0.25) is 20.4 Å². The third-order valence-electron chi connectivity index (χ3n) is 2.90. The second-order valence-corrected chi connectivity index (χ2v) is 5.44. The van der Waals surface area contributed by atoms with Gasteiger partial charge in [0, 0.05) is 22.9 Å². The summed E-state index contributed by atoms with van der Waals surface area (Å²) in [6, 6.07) is 9.54. The Bertz CT molecular complexity index is 693. The number of fused-ring (bicyclic) bond motifs is 3. The van der Waals surface area contributed by atoms with Crippen molar-refractivity contribution in [3.05, 3.63) is 40.8 Å². The maximum atomic E-state index is 11.9. The van der Waals surface area contributed by atoms with Gasteiger partial charge in [-0.05, 0) is 18.2 Å². The normalized spacial score (nSPS) is 11.8. The molecule has 2 aromatic rings. The van der Waals surface area contributed by atoms with Crippen LogP contribution in [-0.4, -0.2) is 11.8 Å². The molecule has 6 heteroatoms. The van der Waals surface area contributed by atoms with Crippen LogP contribution in [0.3, 0.4) is 0 Å². The summed E-state index contributed by atoms with van der Waals surface area (Å²) >= 11 is 1.39. The Hall–Kier alpha value is -2.34. The number of ether oxygens (including phenoxy) is 1. The second-order valence-electron chi connectivity index (χ2n) is 4.39. The van der Waals surface area contributed by atoms with Crippen molar-refractivity contribution in [1.82, 2.24) is 10.9 Å². The van der Waals surface area contributed by atoms with E-state index in [0.29, 0.717) is 11.5 Å². The highest BCUT2D eigenvalue weighted by molar-refractivity contribution is 7.17. The molecule has 20 heavy (non-hydrogen) atoms. The molecule has 0 bridgehead atoms. The molecule has 2 heterocycles. The Labute approximate surface area is 119 Å². The van der Waals surface area contributed by atoms with Crippen molar-refractivity contribution in [2.45, 2.75) is 13.5 Å². The third kappa shape index (κ3) is 2.25. The topological polar surface area (TPSA) is 67.4 Å². The number of thiophene rings is 1. The molecule has 1 aromatic carbocycles. The predicted octanol–water partition coefficient (Wildman–Crippen LogP) is 2.09. The predicted molar refractivity (Wildman–Crippen MR) is 75.4 cm³/mol. The second kappa shape index (κ2) is 4.97. The van der Waals surface area contributed by atoms with E-state index in [0.717, 1.165) is 21.8 Å². The molecular weight excluding hydrogens is 276 g/mol. The smallest absolute Gasteiger partial charge is 0.279 e. The summed E-state index contributed by atoms with van der Waals surface area (Å²) < 4.78 is 5.65. The molecule has 0 saturated heterocycles. The number of benzene rings is 1. The Morgan fingerprint density at radius 1 is 1.25 bits per heavy atom. The van der Waals surface area contributed by atoms with Crippen molar-refractivity contribution in [1.29, 1.82) is 0 Å². The number of rotatable bonds is 1. The number of hydrogen-bond donors (Lipinski definition) is 2. The fraction of sp³-hybridized carbons (Fsp3) is 0.143. The van der Waals surface area contributed by atoms with E-state index in [-0.39, 0.29) is 11.8 Å². The van der Waals surface area contributed by atoms with Gasteiger partial charge in [0.1, 0.15) is 12.4 Å². The van der Waals surface area contributed by atoms with Crippen LogP contribution in [-0.2, 0) is 11.4 Å². The molecule has 3 rings (SSSR count). The standard InChI is InChI=1S/C14H12N2O3S/c1-8(17)15-16-14(18)12-6-9-7-19-11-5-3-2-4-10(11)13(9)20-12/h2-6H,7H2,1H3,(H,15,17)(H,16,18). The zero-order valence-electron chi connectivity index (χ0n) is 10.7. The third-order valence-corrected chi connectivity index (χ3v) is 4.11. The molecular formula is C14H12N2O3S. The fourth-order valence-corrected chi connectivity index (χ4v) is 3.11. The molecule has 0 saturated carbocycles. The van der Waals surface area contributed by atoms with Crippen molar-refractivity contribution in [2.75, 3.05) is 0 Å². The van der Waals surface area contributed by atoms with Gasteiger partial charge in [-0.2, -0.15) is 0 Å². The Kier molecular flexibility index (Phi) is 3.15. The average molecular weight is 288 g/mol. The molecule has 1 aliphatic rings. The molecule has 2 amide bonds. The summed E-state index contributed by atoms with van der Waals surface area (Å²) in [5, 5.41) is 0. The Morgan fingerprint density at radius 2 is 2.05 bits per heavy atom. The monoisotopic (exact) mass is 288 g/mol. The van der Waals surface area contributed by atoms with Crippen molar-refractivity contribution >= 4 is 23.2 Å². The van der Waals surface area contributed by atoms with Crippen LogP contribution in [0.2, 0.25) is 0 Å². The number of carbonyl (C=O) groups excluding carboxylic acids is 2. The lowest BCUT2D eigenvalue weighted by atomic mass is 10.1. The van der Waals surface area contributed by atoms with Gasteiger partial charge in [0.2, 0.25) is 5.91 Å². The van der Waals surface area contributed by atoms with E-state index in [1.807, 2.05) is 24.3 Å². The molecule has 0 atom stereocenters. The molecule has 0 unspecified atom stereocenters. The van der Waals surface area contributed by atoms with Crippen LogP contribution in [0.5, 0.6) is 5.75 Å². The number of hydrazine groups is 1. The minimum atomic E-state index is -0.322. The minimum Gasteiger partial charge on any atom is -0.488 e. The first-order valence-corrected chi connectivity index (χ1v) is 6.88. The number of para-hydroxylation sites is 1. The van der Waals surface area contributed by atoms with Gasteiger partial charge in [-0.15, -0.1) is 11.3 Å². The van der Waals surface area contributed by atoms with Crippen molar-refractivity contribution in [2.24, 2.45) is 0 Å². The van der Waals surface area contributed by atoms with Crippen LogP contribution in [0.1, 0.15) is 22.2 Å². The number of amides is 2. The van der Waals surface area contributed by atoms with Crippen LogP contribution in [0.4, 0.5) is 0 Å². The summed E-state index contributed by atoms with van der Waals surface area (Å²) in [7, 11) is 0. The number of carbonyl (C=O) groups is 2. The van der Waals surface area contributed by atoms with E-state index in [9.17, 15) is 9.59 Å². The SMILES string of the molecule is CC(=O)NNC(=O)c1cc2c(s1)-c1ccccc1OC2. The highest BCUT2D eigenvalue weighted by Gasteiger charge is 2.22. The Balaban J connectivity index is 1.90. The van der Waals surface area contributed by atoms with Gasteiger partial charge in [-0.25, -0.2) is 0 Å². The van der Waals surface area contributed by atoms with Crippen LogP contribution >= 0.6 is 11.3 Å². The summed E-state index contributed by atoms with van der Waals surface area (Å²) in [4.78, 5) is 24.3. The molecule has 0 fully saturated rings. The lowest BCUT2D eigenvalue weighted by molar-refractivity contribution is -0.119. The van der Waals surface area contributed by atoms with Crippen LogP contribution in [0, 0.1) is 0 Å². The van der Waals surface area contributed by atoms with E-state index >= 15 is 0 Å². The maximum absolute atomic E-state index is 11.9. The first kappa shape index (κ1) is 12.7. The van der Waals surface area contributed by atoms with Gasteiger partial charge in [-0.1, -0.05) is 12.1 Å². The molecule has 1 aromatic heterocycles. The van der Waals surface area contributed by atoms with Crippen LogP contribution < -0.4 is 15.6 Å². The quantitative estimate of drug-likeness (QED) is 0.790.